The highest BCUT2D eigenvalue weighted by Gasteiger charge is 2.26. The molecule has 2 aromatic rings. The van der Waals surface area contributed by atoms with E-state index >= 15 is 0 Å². The van der Waals surface area contributed by atoms with Gasteiger partial charge in [0.25, 0.3) is 0 Å². The molecule has 33 heavy (non-hydrogen) atoms. The summed E-state index contributed by atoms with van der Waals surface area (Å²) >= 11 is 0. The summed E-state index contributed by atoms with van der Waals surface area (Å²) in [5.41, 5.74) is 8.92. The molecular formula is C26H39ClN2O4. The predicted octanol–water partition coefficient (Wildman–Crippen LogP) is 0.610. The Labute approximate surface area is 205 Å². The van der Waals surface area contributed by atoms with Crippen molar-refractivity contribution in [2.24, 2.45) is 5.73 Å². The number of nitrogens with zero attached hydrogens (tertiary/aromatic N) is 1. The predicted molar refractivity (Wildman–Crippen MR) is 128 cm³/mol. The third-order valence-electron chi connectivity index (χ3n) is 5.98. The van der Waals surface area contributed by atoms with Crippen LogP contribution < -0.4 is 27.6 Å². The topological polar surface area (TPSA) is 70.8 Å². The van der Waals surface area contributed by atoms with Crippen LogP contribution >= 0.6 is 0 Å². The number of likely N-dealkylation sites (N-methyl/N-ethyl adjacent to an activating group) is 1. The first kappa shape index (κ1) is 28.8. The Morgan fingerprint density at radius 2 is 1.27 bits per heavy atom. The van der Waals surface area contributed by atoms with E-state index < -0.39 is 0 Å². The summed E-state index contributed by atoms with van der Waals surface area (Å²) in [7, 11) is 7.02. The van der Waals surface area contributed by atoms with Gasteiger partial charge in [-0.15, -0.1) is 0 Å². The normalized spacial score (nSPS) is 11.9. The number of benzene rings is 2. The largest absolute Gasteiger partial charge is 1.00 e. The average Bonchev–Trinajstić information content (AvgIpc) is 2.79. The number of carbonyl (C=O) groups is 1. The highest BCUT2D eigenvalue weighted by molar-refractivity contribution is 5.69. The lowest BCUT2D eigenvalue weighted by Gasteiger charge is -2.37. The van der Waals surface area contributed by atoms with Crippen LogP contribution in [0.15, 0.2) is 48.5 Å². The van der Waals surface area contributed by atoms with Crippen molar-refractivity contribution in [3.05, 3.63) is 59.7 Å². The minimum atomic E-state index is -0.250. The lowest BCUT2D eigenvalue weighted by Crippen LogP contribution is -3.00. The van der Waals surface area contributed by atoms with E-state index in [1.165, 1.54) is 18.2 Å². The zero-order valence-electron chi connectivity index (χ0n) is 20.4. The second kappa shape index (κ2) is 14.8. The molecule has 0 spiro atoms. The molecule has 0 aliphatic carbocycles. The van der Waals surface area contributed by atoms with Crippen LogP contribution in [0.1, 0.15) is 30.4 Å². The summed E-state index contributed by atoms with van der Waals surface area (Å²) in [5.74, 6) is 1.50. The third kappa shape index (κ3) is 10.5. The summed E-state index contributed by atoms with van der Waals surface area (Å²) in [6.45, 7) is 2.76. The Morgan fingerprint density at radius 3 is 1.64 bits per heavy atom. The second-order valence-electron chi connectivity index (χ2n) is 8.69. The molecule has 184 valence electrons. The Kier molecular flexibility index (Phi) is 12.9. The number of nitrogens with two attached hydrogens (primary N) is 1. The van der Waals surface area contributed by atoms with Gasteiger partial charge in [0.15, 0.2) is 0 Å². The number of quaternary nitrogens is 1. The van der Waals surface area contributed by atoms with Gasteiger partial charge in [-0.2, -0.15) is 0 Å². The van der Waals surface area contributed by atoms with E-state index in [2.05, 4.69) is 31.3 Å². The van der Waals surface area contributed by atoms with Crippen molar-refractivity contribution in [2.45, 2.75) is 38.1 Å². The maximum atomic E-state index is 11.7. The number of carbonyl (C=O) groups excluding carboxylic acids is 1. The van der Waals surface area contributed by atoms with E-state index in [-0.39, 0.29) is 30.8 Å². The Bertz CT molecular complexity index is 759. The number of aryl methyl sites for hydroxylation is 2. The van der Waals surface area contributed by atoms with Crippen LogP contribution in [0.5, 0.6) is 11.5 Å². The highest BCUT2D eigenvalue weighted by Crippen LogP contribution is 2.17. The van der Waals surface area contributed by atoms with Gasteiger partial charge in [-0.25, -0.2) is 0 Å². The minimum absolute atomic E-state index is 0. The van der Waals surface area contributed by atoms with Gasteiger partial charge in [0.1, 0.15) is 11.5 Å². The number of rotatable bonds is 14. The van der Waals surface area contributed by atoms with Crippen LogP contribution in [0, 0.1) is 0 Å². The van der Waals surface area contributed by atoms with E-state index in [9.17, 15) is 4.79 Å². The molecule has 2 N–H and O–H groups in total. The SMILES string of the molecule is COC(=O)C[C@H](N)C[N+](C)(CCCc1ccc(OC)cc1)CCCc1ccc(OC)cc1.[Cl-]. The number of hydrogen-bond acceptors (Lipinski definition) is 5. The lowest BCUT2D eigenvalue weighted by atomic mass is 10.1. The number of ether oxygens (including phenoxy) is 3. The van der Waals surface area contributed by atoms with Crippen LogP contribution in [0.25, 0.3) is 0 Å². The first-order valence-corrected chi connectivity index (χ1v) is 11.3. The van der Waals surface area contributed by atoms with Gasteiger partial charge >= 0.3 is 5.97 Å². The van der Waals surface area contributed by atoms with Gasteiger partial charge < -0.3 is 36.8 Å². The molecule has 0 aliphatic heterocycles. The molecule has 0 unspecified atom stereocenters. The fraction of sp³-hybridized carbons (Fsp3) is 0.500. The number of hydrogen-bond donors (Lipinski definition) is 1. The molecule has 0 amide bonds. The van der Waals surface area contributed by atoms with Gasteiger partial charge in [-0.3, -0.25) is 4.79 Å². The van der Waals surface area contributed by atoms with Gasteiger partial charge in [-0.1, -0.05) is 24.3 Å². The van der Waals surface area contributed by atoms with Gasteiger partial charge in [-0.05, 0) is 48.2 Å². The lowest BCUT2D eigenvalue weighted by molar-refractivity contribution is -0.910. The van der Waals surface area contributed by atoms with Crippen LogP contribution in [-0.4, -0.2) is 64.5 Å². The fourth-order valence-electron chi connectivity index (χ4n) is 4.14. The first-order chi connectivity index (χ1) is 15.4. The fourth-order valence-corrected chi connectivity index (χ4v) is 4.14. The maximum absolute atomic E-state index is 11.7. The molecule has 0 bridgehead atoms. The van der Waals surface area contributed by atoms with E-state index in [1.807, 2.05) is 24.3 Å². The minimum Gasteiger partial charge on any atom is -1.00 e. The smallest absolute Gasteiger partial charge is 0.307 e. The van der Waals surface area contributed by atoms with Crippen molar-refractivity contribution in [1.29, 1.82) is 0 Å². The van der Waals surface area contributed by atoms with Gasteiger partial charge in [0, 0.05) is 12.8 Å². The molecule has 0 aromatic heterocycles. The van der Waals surface area contributed by atoms with Gasteiger partial charge in [0.2, 0.25) is 0 Å². The van der Waals surface area contributed by atoms with Crippen molar-refractivity contribution in [1.82, 2.24) is 0 Å². The second-order valence-corrected chi connectivity index (χ2v) is 8.69. The molecule has 0 aliphatic rings. The molecule has 0 saturated carbocycles. The quantitative estimate of drug-likeness (QED) is 0.318. The number of esters is 1. The van der Waals surface area contributed by atoms with Crippen molar-refractivity contribution in [3.8, 4) is 11.5 Å². The van der Waals surface area contributed by atoms with E-state index in [1.54, 1.807) is 14.2 Å². The van der Waals surface area contributed by atoms with Crippen molar-refractivity contribution in [3.63, 3.8) is 0 Å². The molecule has 2 rings (SSSR count). The molecule has 7 heteroatoms. The summed E-state index contributed by atoms with van der Waals surface area (Å²) in [5, 5.41) is 0. The van der Waals surface area contributed by atoms with Crippen LogP contribution in [0.4, 0.5) is 0 Å². The molecular weight excluding hydrogens is 440 g/mol. The van der Waals surface area contributed by atoms with Crippen LogP contribution in [0.2, 0.25) is 0 Å². The first-order valence-electron chi connectivity index (χ1n) is 11.3. The Morgan fingerprint density at radius 1 is 0.848 bits per heavy atom. The van der Waals surface area contributed by atoms with E-state index in [0.29, 0.717) is 0 Å². The third-order valence-corrected chi connectivity index (χ3v) is 5.98. The number of methoxy groups -OCH3 is 3. The molecule has 2 aromatic carbocycles. The summed E-state index contributed by atoms with van der Waals surface area (Å²) in [4.78, 5) is 11.7. The van der Waals surface area contributed by atoms with Crippen molar-refractivity contribution >= 4 is 5.97 Å². The molecule has 0 radical (unpaired) electrons. The Balaban J connectivity index is 0.00000544. The molecule has 0 fully saturated rings. The highest BCUT2D eigenvalue weighted by atomic mass is 35.5. The molecule has 0 saturated heterocycles. The number of halogens is 1. The maximum Gasteiger partial charge on any atom is 0.307 e. The van der Waals surface area contributed by atoms with Crippen LogP contribution in [-0.2, 0) is 22.4 Å². The van der Waals surface area contributed by atoms with E-state index in [0.717, 1.165) is 61.3 Å². The molecule has 6 nitrogen and oxygen atoms in total. The summed E-state index contributed by atoms with van der Waals surface area (Å²) < 4.78 is 16.1. The zero-order valence-corrected chi connectivity index (χ0v) is 21.1. The summed E-state index contributed by atoms with van der Waals surface area (Å²) in [6.07, 6.45) is 4.36. The van der Waals surface area contributed by atoms with Crippen molar-refractivity contribution in [2.75, 3.05) is 48.0 Å². The van der Waals surface area contributed by atoms with E-state index in [4.69, 9.17) is 19.9 Å². The molecule has 0 heterocycles. The van der Waals surface area contributed by atoms with Crippen LogP contribution in [0.3, 0.4) is 0 Å². The van der Waals surface area contributed by atoms with Crippen molar-refractivity contribution < 1.29 is 35.9 Å². The average molecular weight is 479 g/mol. The standard InChI is InChI=1S/C26H39N2O4.ClH/c1-28(20-23(27)19-26(29)32-4,17-5-7-21-9-13-24(30-2)14-10-21)18-6-8-22-11-15-25(31-3)16-12-22;/h9-16,23H,5-8,17-20,27H2,1-4H3;1H/q+1;/p-1/t23-;/m0./s1. The Hall–Kier alpha value is -2.28. The van der Waals surface area contributed by atoms with Gasteiger partial charge in [0.05, 0.1) is 60.5 Å². The summed E-state index contributed by atoms with van der Waals surface area (Å²) in [6, 6.07) is 16.3. The monoisotopic (exact) mass is 478 g/mol. The zero-order chi connectivity index (χ0) is 23.4. The molecule has 1 atom stereocenters.